The summed E-state index contributed by atoms with van der Waals surface area (Å²) < 4.78 is 15.2. The molecule has 1 saturated heterocycles. The number of para-hydroxylation sites is 1. The predicted molar refractivity (Wildman–Crippen MR) is 101 cm³/mol. The van der Waals surface area contributed by atoms with E-state index >= 15 is 0 Å². The molecule has 0 radical (unpaired) electrons. The molecule has 2 aromatic rings. The molecule has 2 heterocycles. The molecule has 0 atom stereocenters. The smallest absolute Gasteiger partial charge is 0.373 e. The molecule has 0 saturated carbocycles. The molecule has 0 aliphatic carbocycles. The zero-order valence-electron chi connectivity index (χ0n) is 15.1. The van der Waals surface area contributed by atoms with E-state index in [9.17, 15) is 19.5 Å². The number of thioether (sulfide) groups is 1. The summed E-state index contributed by atoms with van der Waals surface area (Å²) in [7, 11) is 1.22. The minimum atomic E-state index is -0.648. The van der Waals surface area contributed by atoms with Gasteiger partial charge in [-0.15, -0.1) is 0 Å². The molecule has 1 aromatic carbocycles. The molecule has 2 amide bonds. The van der Waals surface area contributed by atoms with E-state index in [4.69, 9.17) is 9.15 Å². The lowest BCUT2D eigenvalue weighted by atomic mass is 10.1. The van der Waals surface area contributed by atoms with E-state index in [1.165, 1.54) is 25.3 Å². The topological polar surface area (TPSA) is 106 Å². The number of amides is 2. The van der Waals surface area contributed by atoms with Gasteiger partial charge in [0.15, 0.2) is 11.5 Å². The lowest BCUT2D eigenvalue weighted by Gasteiger charge is -2.10. The van der Waals surface area contributed by atoms with E-state index in [1.807, 2.05) is 0 Å². The normalized spacial score (nSPS) is 15.4. The highest BCUT2D eigenvalue weighted by molar-refractivity contribution is 8.18. The average molecular weight is 403 g/mol. The number of phenolic OH excluding ortho intramolecular Hbond substituents is 1. The van der Waals surface area contributed by atoms with Crippen molar-refractivity contribution in [3.8, 4) is 11.5 Å². The van der Waals surface area contributed by atoms with Gasteiger partial charge in [0, 0.05) is 5.56 Å². The number of rotatable bonds is 6. The van der Waals surface area contributed by atoms with Crippen molar-refractivity contribution in [3.63, 3.8) is 0 Å². The van der Waals surface area contributed by atoms with Crippen LogP contribution in [0, 0.1) is 0 Å². The second kappa shape index (κ2) is 8.22. The molecule has 0 spiro atoms. The van der Waals surface area contributed by atoms with Gasteiger partial charge in [0.05, 0.1) is 25.2 Å². The molecule has 9 heteroatoms. The van der Waals surface area contributed by atoms with Crippen LogP contribution in [0.25, 0.3) is 6.08 Å². The van der Waals surface area contributed by atoms with Crippen LogP contribution in [0.2, 0.25) is 0 Å². The standard InChI is InChI=1S/C19H17NO7S/c1-3-26-13-6-4-5-11(16(13)21)9-15-17(22)20(19(24)28-15)10-12-7-8-14(27-12)18(23)25-2/h4-9,21H,3,10H2,1-2H3/b15-9+. The van der Waals surface area contributed by atoms with E-state index in [-0.39, 0.29) is 28.7 Å². The van der Waals surface area contributed by atoms with Crippen LogP contribution in [0.15, 0.2) is 39.7 Å². The van der Waals surface area contributed by atoms with Crippen LogP contribution >= 0.6 is 11.8 Å². The number of carbonyl (C=O) groups excluding carboxylic acids is 3. The van der Waals surface area contributed by atoms with Gasteiger partial charge < -0.3 is 19.0 Å². The number of aromatic hydroxyl groups is 1. The third-order valence-corrected chi connectivity index (χ3v) is 4.76. The van der Waals surface area contributed by atoms with Gasteiger partial charge in [-0.1, -0.05) is 12.1 Å². The fraction of sp³-hybridized carbons (Fsp3) is 0.211. The van der Waals surface area contributed by atoms with Gasteiger partial charge in [0.1, 0.15) is 5.76 Å². The summed E-state index contributed by atoms with van der Waals surface area (Å²) in [5.41, 5.74) is 0.363. The van der Waals surface area contributed by atoms with Gasteiger partial charge in [-0.3, -0.25) is 14.5 Å². The highest BCUT2D eigenvalue weighted by atomic mass is 32.2. The molecule has 0 bridgehead atoms. The van der Waals surface area contributed by atoms with E-state index in [0.29, 0.717) is 17.9 Å². The first-order valence-electron chi connectivity index (χ1n) is 8.31. The van der Waals surface area contributed by atoms with Gasteiger partial charge >= 0.3 is 5.97 Å². The number of ether oxygens (including phenoxy) is 2. The zero-order valence-corrected chi connectivity index (χ0v) is 15.9. The molecule has 0 unspecified atom stereocenters. The number of imide groups is 1. The Balaban J connectivity index is 1.80. The summed E-state index contributed by atoms with van der Waals surface area (Å²) in [6.07, 6.45) is 1.44. The minimum absolute atomic E-state index is 0.0160. The van der Waals surface area contributed by atoms with Crippen LogP contribution in [0.1, 0.15) is 28.8 Å². The number of methoxy groups -OCH3 is 1. The first-order valence-corrected chi connectivity index (χ1v) is 9.13. The van der Waals surface area contributed by atoms with Crippen molar-refractivity contribution in [2.75, 3.05) is 13.7 Å². The summed E-state index contributed by atoms with van der Waals surface area (Å²) in [4.78, 5) is 37.5. The van der Waals surface area contributed by atoms with Crippen LogP contribution in [-0.4, -0.2) is 40.8 Å². The quantitative estimate of drug-likeness (QED) is 0.578. The fourth-order valence-corrected chi connectivity index (χ4v) is 3.36. The Morgan fingerprint density at radius 3 is 2.79 bits per heavy atom. The van der Waals surface area contributed by atoms with Gasteiger partial charge in [-0.05, 0) is 43.0 Å². The summed E-state index contributed by atoms with van der Waals surface area (Å²) in [6.45, 7) is 2.05. The van der Waals surface area contributed by atoms with Crippen LogP contribution in [0.4, 0.5) is 4.79 Å². The first kappa shape index (κ1) is 19.6. The number of furan rings is 1. The highest BCUT2D eigenvalue weighted by Gasteiger charge is 2.36. The number of hydrogen-bond acceptors (Lipinski definition) is 8. The maximum absolute atomic E-state index is 12.6. The summed E-state index contributed by atoms with van der Waals surface area (Å²) >= 11 is 0.755. The van der Waals surface area contributed by atoms with Crippen LogP contribution in [0.5, 0.6) is 11.5 Å². The molecular weight excluding hydrogens is 386 g/mol. The molecule has 3 rings (SSSR count). The number of phenols is 1. The molecular formula is C19H17NO7S. The van der Waals surface area contributed by atoms with Gasteiger partial charge in [0.2, 0.25) is 5.76 Å². The molecule has 28 heavy (non-hydrogen) atoms. The SMILES string of the molecule is CCOc1cccc(/C=C2/SC(=O)N(Cc3ccc(C(=O)OC)o3)C2=O)c1O. The summed E-state index contributed by atoms with van der Waals surface area (Å²) in [5.74, 6) is -0.730. The second-order valence-corrected chi connectivity index (χ2v) is 6.65. The van der Waals surface area contributed by atoms with Crippen molar-refractivity contribution in [2.24, 2.45) is 0 Å². The van der Waals surface area contributed by atoms with E-state index in [0.717, 1.165) is 16.7 Å². The molecule has 1 aliphatic heterocycles. The predicted octanol–water partition coefficient (Wildman–Crippen LogP) is 3.41. The van der Waals surface area contributed by atoms with E-state index < -0.39 is 17.1 Å². The van der Waals surface area contributed by atoms with Crippen LogP contribution in [-0.2, 0) is 16.1 Å². The Hall–Kier alpha value is -3.20. The van der Waals surface area contributed by atoms with Gasteiger partial charge in [0.25, 0.3) is 11.1 Å². The largest absolute Gasteiger partial charge is 0.504 e. The van der Waals surface area contributed by atoms with E-state index in [1.54, 1.807) is 25.1 Å². The number of benzene rings is 1. The number of esters is 1. The molecule has 1 aliphatic rings. The third kappa shape index (κ3) is 3.89. The maximum Gasteiger partial charge on any atom is 0.373 e. The maximum atomic E-state index is 12.6. The molecule has 8 nitrogen and oxygen atoms in total. The minimum Gasteiger partial charge on any atom is -0.504 e. The van der Waals surface area contributed by atoms with Crippen molar-refractivity contribution in [2.45, 2.75) is 13.5 Å². The summed E-state index contributed by atoms with van der Waals surface area (Å²) in [6, 6.07) is 7.81. The number of nitrogens with zero attached hydrogens (tertiary/aromatic N) is 1. The molecule has 1 fully saturated rings. The Labute approximate surface area is 164 Å². The van der Waals surface area contributed by atoms with Crippen LogP contribution < -0.4 is 4.74 Å². The average Bonchev–Trinajstić information content (AvgIpc) is 3.25. The summed E-state index contributed by atoms with van der Waals surface area (Å²) in [5, 5.41) is 9.79. The van der Waals surface area contributed by atoms with Crippen LogP contribution in [0.3, 0.4) is 0 Å². The van der Waals surface area contributed by atoms with E-state index in [2.05, 4.69) is 4.74 Å². The third-order valence-electron chi connectivity index (χ3n) is 3.85. The molecule has 1 aromatic heterocycles. The number of carbonyl (C=O) groups is 3. The van der Waals surface area contributed by atoms with Gasteiger partial charge in [-0.25, -0.2) is 4.79 Å². The van der Waals surface area contributed by atoms with Crippen molar-refractivity contribution in [1.82, 2.24) is 4.90 Å². The molecule has 1 N–H and O–H groups in total. The van der Waals surface area contributed by atoms with Crippen molar-refractivity contribution in [3.05, 3.63) is 52.3 Å². The Bertz CT molecular complexity index is 963. The Morgan fingerprint density at radius 2 is 2.07 bits per heavy atom. The lowest BCUT2D eigenvalue weighted by molar-refractivity contribution is -0.123. The number of hydrogen-bond donors (Lipinski definition) is 1. The van der Waals surface area contributed by atoms with Crippen molar-refractivity contribution < 1.29 is 33.4 Å². The monoisotopic (exact) mass is 403 g/mol. The first-order chi connectivity index (χ1) is 13.4. The second-order valence-electron chi connectivity index (χ2n) is 5.65. The Kier molecular flexibility index (Phi) is 5.74. The van der Waals surface area contributed by atoms with Crippen molar-refractivity contribution in [1.29, 1.82) is 0 Å². The lowest BCUT2D eigenvalue weighted by Crippen LogP contribution is -2.27. The molecule has 146 valence electrons. The Morgan fingerprint density at radius 1 is 1.29 bits per heavy atom. The zero-order chi connectivity index (χ0) is 20.3. The fourth-order valence-electron chi connectivity index (χ4n) is 2.53. The highest BCUT2D eigenvalue weighted by Crippen LogP contribution is 2.37. The van der Waals surface area contributed by atoms with Gasteiger partial charge in [-0.2, -0.15) is 0 Å². The van der Waals surface area contributed by atoms with Crippen molar-refractivity contribution >= 4 is 35.0 Å².